The van der Waals surface area contributed by atoms with E-state index >= 15 is 0 Å². The first-order chi connectivity index (χ1) is 9.93. The largest absolute Gasteiger partial charge is 0.306 e. The lowest BCUT2D eigenvalue weighted by molar-refractivity contribution is 0.432. The minimum Gasteiger partial charge on any atom is -0.306 e. The highest BCUT2D eigenvalue weighted by molar-refractivity contribution is 7.89. The molecule has 6 nitrogen and oxygen atoms in total. The van der Waals surface area contributed by atoms with Crippen LogP contribution in [0, 0.1) is 0 Å². The smallest absolute Gasteiger partial charge is 0.278 e. The molecule has 0 saturated carbocycles. The van der Waals surface area contributed by atoms with E-state index in [4.69, 9.17) is 0 Å². The molecule has 1 aliphatic heterocycles. The van der Waals surface area contributed by atoms with Crippen LogP contribution in [0.1, 0.15) is 18.9 Å². The highest BCUT2D eigenvalue weighted by Crippen LogP contribution is 2.36. The number of benzene rings is 1. The molecule has 0 radical (unpaired) electrons. The van der Waals surface area contributed by atoms with Crippen molar-refractivity contribution in [3.05, 3.63) is 42.2 Å². The molecule has 1 unspecified atom stereocenters. The summed E-state index contributed by atoms with van der Waals surface area (Å²) in [5, 5.41) is 7.40. The van der Waals surface area contributed by atoms with Crippen molar-refractivity contribution in [2.45, 2.75) is 23.9 Å². The first-order valence-electron chi connectivity index (χ1n) is 6.83. The van der Waals surface area contributed by atoms with Crippen LogP contribution in [0.4, 0.5) is 0 Å². The van der Waals surface area contributed by atoms with Crippen molar-refractivity contribution in [3.63, 3.8) is 0 Å². The Labute approximate surface area is 124 Å². The van der Waals surface area contributed by atoms with Crippen LogP contribution in [-0.4, -0.2) is 40.6 Å². The lowest BCUT2D eigenvalue weighted by Gasteiger charge is -2.24. The Morgan fingerprint density at radius 1 is 1.24 bits per heavy atom. The highest BCUT2D eigenvalue weighted by atomic mass is 32.2. The van der Waals surface area contributed by atoms with Crippen molar-refractivity contribution in [1.82, 2.24) is 19.1 Å². The predicted octanol–water partition coefficient (Wildman–Crippen LogP) is 1.17. The van der Waals surface area contributed by atoms with E-state index in [1.54, 1.807) is 7.05 Å². The Bertz CT molecular complexity index is 741. The van der Waals surface area contributed by atoms with Crippen molar-refractivity contribution in [1.29, 1.82) is 0 Å². The van der Waals surface area contributed by atoms with E-state index in [0.717, 1.165) is 6.42 Å². The molecule has 3 rings (SSSR count). The molecule has 0 N–H and O–H groups in total. The van der Waals surface area contributed by atoms with Crippen molar-refractivity contribution in [2.24, 2.45) is 7.05 Å². The number of rotatable bonds is 3. The van der Waals surface area contributed by atoms with Gasteiger partial charge in [-0.2, -0.15) is 4.31 Å². The van der Waals surface area contributed by atoms with Crippen molar-refractivity contribution in [3.8, 4) is 0 Å². The molecule has 7 heteroatoms. The predicted molar refractivity (Wildman–Crippen MR) is 78.2 cm³/mol. The molecule has 1 aliphatic rings. The van der Waals surface area contributed by atoms with E-state index in [-0.39, 0.29) is 10.6 Å². The fourth-order valence-electron chi connectivity index (χ4n) is 2.82. The number of aryl methyl sites for hydroxylation is 1. The molecule has 0 aliphatic carbocycles. The standard InChI is InChI=1S/C14H18N4O2S/c1-14(12-6-4-3-5-7-12)8-9-18(10-14)21(19,20)13-16-15-11-17(13)2/h3-7,11H,8-10H2,1-2H3. The fraction of sp³-hybridized carbons (Fsp3) is 0.429. The third-order valence-electron chi connectivity index (χ3n) is 4.15. The molecule has 1 aromatic carbocycles. The Balaban J connectivity index is 1.90. The second kappa shape index (κ2) is 4.92. The fourth-order valence-corrected chi connectivity index (χ4v) is 4.40. The first-order valence-corrected chi connectivity index (χ1v) is 8.27. The molecule has 112 valence electrons. The zero-order chi connectivity index (χ0) is 15.1. The maximum absolute atomic E-state index is 12.6. The van der Waals surface area contributed by atoms with Gasteiger partial charge in [0.1, 0.15) is 6.33 Å². The number of aromatic nitrogens is 3. The van der Waals surface area contributed by atoms with Gasteiger partial charge in [-0.25, -0.2) is 8.42 Å². The van der Waals surface area contributed by atoms with E-state index in [1.807, 2.05) is 18.2 Å². The van der Waals surface area contributed by atoms with Gasteiger partial charge in [0, 0.05) is 25.6 Å². The van der Waals surface area contributed by atoms with Gasteiger partial charge in [-0.1, -0.05) is 37.3 Å². The lowest BCUT2D eigenvalue weighted by Crippen LogP contribution is -2.34. The third-order valence-corrected chi connectivity index (χ3v) is 5.97. The summed E-state index contributed by atoms with van der Waals surface area (Å²) in [5.74, 6) is 0. The summed E-state index contributed by atoms with van der Waals surface area (Å²) >= 11 is 0. The van der Waals surface area contributed by atoms with Crippen LogP contribution >= 0.6 is 0 Å². The summed E-state index contributed by atoms with van der Waals surface area (Å²) < 4.78 is 28.2. The van der Waals surface area contributed by atoms with E-state index in [1.165, 1.54) is 20.8 Å². The van der Waals surface area contributed by atoms with E-state index in [9.17, 15) is 8.42 Å². The van der Waals surface area contributed by atoms with Gasteiger partial charge in [0.2, 0.25) is 0 Å². The molecule has 2 aromatic rings. The zero-order valence-electron chi connectivity index (χ0n) is 12.1. The average Bonchev–Trinajstić information content (AvgIpc) is 3.08. The molecule has 0 spiro atoms. The minimum absolute atomic E-state index is 0.000174. The number of hydrogen-bond donors (Lipinski definition) is 0. The third kappa shape index (κ3) is 2.36. The van der Waals surface area contributed by atoms with Crippen LogP contribution in [-0.2, 0) is 22.5 Å². The molecular weight excluding hydrogens is 288 g/mol. The molecule has 21 heavy (non-hydrogen) atoms. The Morgan fingerprint density at radius 2 is 1.95 bits per heavy atom. The van der Waals surface area contributed by atoms with Crippen molar-refractivity contribution in [2.75, 3.05) is 13.1 Å². The molecule has 1 fully saturated rings. The first kappa shape index (κ1) is 14.2. The summed E-state index contributed by atoms with van der Waals surface area (Å²) in [7, 11) is -1.94. The lowest BCUT2D eigenvalue weighted by atomic mass is 9.82. The number of sulfonamides is 1. The maximum atomic E-state index is 12.6. The molecule has 1 saturated heterocycles. The zero-order valence-corrected chi connectivity index (χ0v) is 12.9. The summed E-state index contributed by atoms with van der Waals surface area (Å²) in [6.45, 7) is 3.07. The minimum atomic E-state index is -3.58. The molecule has 1 aromatic heterocycles. The van der Waals surface area contributed by atoms with Crippen LogP contribution in [0.3, 0.4) is 0 Å². The van der Waals surface area contributed by atoms with Crippen molar-refractivity contribution >= 4 is 10.0 Å². The molecule has 0 amide bonds. The molecule has 2 heterocycles. The van der Waals surface area contributed by atoms with Crippen LogP contribution in [0.15, 0.2) is 41.8 Å². The van der Waals surface area contributed by atoms with Gasteiger partial charge in [-0.3, -0.25) is 0 Å². The summed E-state index contributed by atoms with van der Waals surface area (Å²) in [6.07, 6.45) is 2.20. The normalized spacial score (nSPS) is 23.5. The summed E-state index contributed by atoms with van der Waals surface area (Å²) in [5.41, 5.74) is 1.01. The monoisotopic (exact) mass is 306 g/mol. The summed E-state index contributed by atoms with van der Waals surface area (Å²) in [4.78, 5) is 0. The highest BCUT2D eigenvalue weighted by Gasteiger charge is 2.42. The van der Waals surface area contributed by atoms with Crippen LogP contribution < -0.4 is 0 Å². The molecule has 0 bridgehead atoms. The number of hydrogen-bond acceptors (Lipinski definition) is 4. The second-order valence-corrected chi connectivity index (χ2v) is 7.57. The van der Waals surface area contributed by atoms with Gasteiger partial charge >= 0.3 is 0 Å². The van der Waals surface area contributed by atoms with E-state index in [2.05, 4.69) is 29.3 Å². The van der Waals surface area contributed by atoms with E-state index in [0.29, 0.717) is 13.1 Å². The van der Waals surface area contributed by atoms with Crippen LogP contribution in [0.5, 0.6) is 0 Å². The maximum Gasteiger partial charge on any atom is 0.278 e. The quantitative estimate of drug-likeness (QED) is 0.853. The van der Waals surface area contributed by atoms with Crippen LogP contribution in [0.2, 0.25) is 0 Å². The van der Waals surface area contributed by atoms with Gasteiger partial charge in [0.05, 0.1) is 0 Å². The van der Waals surface area contributed by atoms with Gasteiger partial charge in [-0.05, 0) is 12.0 Å². The summed E-state index contributed by atoms with van der Waals surface area (Å²) in [6, 6.07) is 10.0. The van der Waals surface area contributed by atoms with Gasteiger partial charge in [0.25, 0.3) is 15.2 Å². The molecular formula is C14H18N4O2S. The second-order valence-electron chi connectivity index (χ2n) is 5.74. The Hall–Kier alpha value is -1.73. The van der Waals surface area contributed by atoms with Crippen molar-refractivity contribution < 1.29 is 8.42 Å². The Morgan fingerprint density at radius 3 is 2.57 bits per heavy atom. The number of nitrogens with zero attached hydrogens (tertiary/aromatic N) is 4. The van der Waals surface area contributed by atoms with Crippen LogP contribution in [0.25, 0.3) is 0 Å². The van der Waals surface area contributed by atoms with Gasteiger partial charge < -0.3 is 4.57 Å². The SMILES string of the molecule is Cn1cnnc1S(=O)(=O)N1CCC(C)(c2ccccc2)C1. The van der Waals surface area contributed by atoms with Gasteiger partial charge in [0.15, 0.2) is 0 Å². The van der Waals surface area contributed by atoms with E-state index < -0.39 is 10.0 Å². The van der Waals surface area contributed by atoms with Gasteiger partial charge in [-0.15, -0.1) is 10.2 Å². The molecule has 1 atom stereocenters. The topological polar surface area (TPSA) is 68.1 Å². The Kier molecular flexibility index (Phi) is 3.33. The average molecular weight is 306 g/mol.